The van der Waals surface area contributed by atoms with Crippen molar-refractivity contribution in [2.45, 2.75) is 0 Å². The standard InChI is InChI=1S/2Na.9H3O4P.2H/c;;9*1-5(2,3)4;;/h;;9*(H3,1,2,3,4);;. The van der Waals surface area contributed by atoms with Gasteiger partial charge < -0.3 is 132 Å². The summed E-state index contributed by atoms with van der Waals surface area (Å²) in [7, 11) is -41.8. The van der Waals surface area contributed by atoms with Crippen molar-refractivity contribution in [2.75, 3.05) is 0 Å². The number of hydrogen-bond acceptors (Lipinski definition) is 9. The normalized spacial score (nSPS) is 11.3. The van der Waals surface area contributed by atoms with E-state index in [1.165, 1.54) is 0 Å². The molecular weight excluding hydrogens is 901 g/mol. The molecule has 0 radical (unpaired) electrons. The minimum atomic E-state index is -4.64. The van der Waals surface area contributed by atoms with Crippen molar-refractivity contribution in [1.29, 1.82) is 0 Å². The van der Waals surface area contributed by atoms with Gasteiger partial charge in [-0.05, 0) is 0 Å². The molecule has 0 rings (SSSR count). The molecule has 0 heterocycles. The van der Waals surface area contributed by atoms with Gasteiger partial charge in [0.05, 0.1) is 0 Å². The second-order valence-electron chi connectivity index (χ2n) is 4.62. The Labute approximate surface area is 301 Å². The Morgan fingerprint density at radius 2 is 0.149 bits per heavy atom. The molecule has 0 atom stereocenters. The quantitative estimate of drug-likeness (QED) is 0.0792. The van der Waals surface area contributed by atoms with Gasteiger partial charge in [-0.2, -0.15) is 0 Å². The van der Waals surface area contributed by atoms with Crippen molar-refractivity contribution < 1.29 is 173 Å². The number of hydrogen-bond donors (Lipinski definition) is 27. The van der Waals surface area contributed by atoms with Crippen molar-refractivity contribution in [1.82, 2.24) is 0 Å². The third kappa shape index (κ3) is 12100. The average molecular weight is 930 g/mol. The summed E-state index contributed by atoms with van der Waals surface area (Å²) < 4.78 is 79.9. The molecule has 47 heavy (non-hydrogen) atoms. The first-order chi connectivity index (χ1) is 18.0. The van der Waals surface area contributed by atoms with Gasteiger partial charge in [0, 0.05) is 0 Å². The van der Waals surface area contributed by atoms with E-state index < -0.39 is 70.4 Å². The SMILES string of the molecule is O=P(O)(O)O.O=P(O)(O)O.O=P(O)(O)O.O=P(O)(O)O.O=P(O)(O)O.O=P(O)(O)O.O=P(O)(O)O.O=P(O)(O)O.O=P(O)(O)O.[NaH].[NaH]. The summed E-state index contributed by atoms with van der Waals surface area (Å²) in [5.74, 6) is 0. The number of phosphoric acid groups is 9. The van der Waals surface area contributed by atoms with Crippen molar-refractivity contribution in [2.24, 2.45) is 0 Å². The van der Waals surface area contributed by atoms with Crippen molar-refractivity contribution >= 4 is 130 Å². The Kier molecular flexibility index (Phi) is 58.3. The van der Waals surface area contributed by atoms with Crippen LogP contribution in [0.5, 0.6) is 0 Å². The van der Waals surface area contributed by atoms with Gasteiger partial charge in [-0.1, -0.05) is 0 Å². The van der Waals surface area contributed by atoms with Gasteiger partial charge in [0.15, 0.2) is 0 Å². The van der Waals surface area contributed by atoms with Crippen LogP contribution < -0.4 is 0 Å². The maximum atomic E-state index is 8.88. The van der Waals surface area contributed by atoms with Crippen LogP contribution in [0.15, 0.2) is 0 Å². The van der Waals surface area contributed by atoms with Crippen LogP contribution in [0.4, 0.5) is 0 Å². The molecule has 0 fully saturated rings. The molecule has 0 amide bonds. The molecule has 47 heteroatoms. The van der Waals surface area contributed by atoms with Crippen LogP contribution in [0.25, 0.3) is 0 Å². The van der Waals surface area contributed by atoms with Gasteiger partial charge in [-0.25, -0.2) is 41.1 Å². The van der Waals surface area contributed by atoms with Crippen molar-refractivity contribution in [3.05, 3.63) is 0 Å². The first kappa shape index (κ1) is 78.9. The van der Waals surface area contributed by atoms with Gasteiger partial charge in [0.1, 0.15) is 0 Å². The molecule has 0 saturated carbocycles. The van der Waals surface area contributed by atoms with E-state index in [0.29, 0.717) is 0 Å². The molecule has 0 aliphatic carbocycles. The molecule has 292 valence electrons. The summed E-state index contributed by atoms with van der Waals surface area (Å²) in [6.45, 7) is 0. The predicted molar refractivity (Wildman–Crippen MR) is 143 cm³/mol. The molecule has 36 nitrogen and oxygen atoms in total. The summed E-state index contributed by atoms with van der Waals surface area (Å²) in [6, 6.07) is 0. The van der Waals surface area contributed by atoms with Crippen LogP contribution in [0, 0.1) is 0 Å². The average Bonchev–Trinajstić information content (AvgIpc) is 2.26. The monoisotopic (exact) mass is 930 g/mol. The molecule has 0 bridgehead atoms. The van der Waals surface area contributed by atoms with E-state index in [1.54, 1.807) is 0 Å². The number of rotatable bonds is 0. The minimum absolute atomic E-state index is 0. The molecule has 0 aromatic rings. The third-order valence-corrected chi connectivity index (χ3v) is 0. The van der Waals surface area contributed by atoms with Gasteiger partial charge in [-0.3, -0.25) is 0 Å². The van der Waals surface area contributed by atoms with E-state index in [-0.39, 0.29) is 59.1 Å². The molecular formula is H29Na2O36P9. The summed E-state index contributed by atoms with van der Waals surface area (Å²) in [5.41, 5.74) is 0. The van der Waals surface area contributed by atoms with Gasteiger partial charge in [-0.15, -0.1) is 0 Å². The fourth-order valence-corrected chi connectivity index (χ4v) is 0. The molecule has 0 spiro atoms. The van der Waals surface area contributed by atoms with Gasteiger partial charge in [0.25, 0.3) is 0 Å². The second kappa shape index (κ2) is 34.7. The Hall–Kier alpha value is 2.99. The van der Waals surface area contributed by atoms with E-state index in [2.05, 4.69) is 0 Å². The third-order valence-electron chi connectivity index (χ3n) is 0. The predicted octanol–water partition coefficient (Wildman–Crippen LogP) is -9.65. The molecule has 27 N–H and O–H groups in total. The maximum absolute atomic E-state index is 8.88. The van der Waals surface area contributed by atoms with Gasteiger partial charge in [0.2, 0.25) is 0 Å². The molecule has 0 aromatic carbocycles. The Bertz CT molecular complexity index is 745. The Balaban J connectivity index is -0.0000000343. The molecule has 0 aromatic heterocycles. The molecule has 0 saturated heterocycles. The fraction of sp³-hybridized carbons (Fsp3) is 0. The van der Waals surface area contributed by atoms with E-state index in [0.717, 1.165) is 0 Å². The van der Waals surface area contributed by atoms with Crippen molar-refractivity contribution in [3.8, 4) is 0 Å². The zero-order valence-corrected chi connectivity index (χ0v) is 27.8. The Morgan fingerprint density at radius 1 is 0.149 bits per heavy atom. The topological polar surface area (TPSA) is 700 Å². The van der Waals surface area contributed by atoms with E-state index in [4.69, 9.17) is 173 Å². The first-order valence-corrected chi connectivity index (χ1v) is 21.1. The molecule has 0 unspecified atom stereocenters. The van der Waals surface area contributed by atoms with Crippen molar-refractivity contribution in [3.63, 3.8) is 0 Å². The molecule has 0 aliphatic rings. The summed E-state index contributed by atoms with van der Waals surface area (Å²) in [6.07, 6.45) is 0. The zero-order chi connectivity index (χ0) is 40.5. The van der Waals surface area contributed by atoms with E-state index in [1.807, 2.05) is 0 Å². The van der Waals surface area contributed by atoms with Gasteiger partial charge >= 0.3 is 130 Å². The van der Waals surface area contributed by atoms with E-state index in [9.17, 15) is 0 Å². The molecule has 0 aliphatic heterocycles. The second-order valence-corrected chi connectivity index (χ2v) is 13.9. The summed E-state index contributed by atoms with van der Waals surface area (Å²) in [4.78, 5) is 194. The summed E-state index contributed by atoms with van der Waals surface area (Å²) in [5, 5.41) is 0. The van der Waals surface area contributed by atoms with Crippen LogP contribution in [0.3, 0.4) is 0 Å². The van der Waals surface area contributed by atoms with Crippen LogP contribution in [-0.2, 0) is 41.1 Å². The summed E-state index contributed by atoms with van der Waals surface area (Å²) >= 11 is 0. The van der Waals surface area contributed by atoms with Crippen LogP contribution >= 0.6 is 70.4 Å². The van der Waals surface area contributed by atoms with Crippen LogP contribution in [-0.4, -0.2) is 191 Å². The zero-order valence-electron chi connectivity index (χ0n) is 19.8. The van der Waals surface area contributed by atoms with Crippen LogP contribution in [0.2, 0.25) is 0 Å². The van der Waals surface area contributed by atoms with Crippen LogP contribution in [0.1, 0.15) is 0 Å². The Morgan fingerprint density at radius 3 is 0.149 bits per heavy atom. The fourth-order valence-electron chi connectivity index (χ4n) is 0. The van der Waals surface area contributed by atoms with E-state index >= 15 is 0 Å². The first-order valence-electron chi connectivity index (χ1n) is 7.04.